The van der Waals surface area contributed by atoms with Crippen LogP contribution in [0.25, 0.3) is 0 Å². The maximum atomic E-state index is 12.3. The van der Waals surface area contributed by atoms with Crippen molar-refractivity contribution in [2.24, 2.45) is 0 Å². The van der Waals surface area contributed by atoms with Crippen LogP contribution in [0.3, 0.4) is 0 Å². The molecule has 0 spiro atoms. The van der Waals surface area contributed by atoms with E-state index in [1.165, 1.54) is 30.3 Å². The molecule has 0 aliphatic rings. The van der Waals surface area contributed by atoms with Crippen molar-refractivity contribution in [3.05, 3.63) is 72.8 Å². The smallest absolute Gasteiger partial charge is 0.353 e. The van der Waals surface area contributed by atoms with Crippen LogP contribution < -0.4 is 4.18 Å². The molecule has 0 atom stereocenters. The Morgan fingerprint density at radius 1 is 0.800 bits per heavy atom. The molecule has 0 saturated heterocycles. The van der Waals surface area contributed by atoms with E-state index in [9.17, 15) is 38.8 Å². The first-order chi connectivity index (χ1) is 11.6. The second-order valence-corrected chi connectivity index (χ2v) is 5.92. The Bertz CT molecular complexity index is 938. The van der Waals surface area contributed by atoms with E-state index in [-0.39, 0.29) is 5.75 Å². The molecule has 0 bridgehead atoms. The molecule has 130 valence electrons. The molecular formula is C12H7N3O9S. The molecule has 0 fully saturated rings. The minimum absolute atomic E-state index is 0.246. The lowest BCUT2D eigenvalue weighted by Gasteiger charge is -2.08. The average Bonchev–Trinajstić information content (AvgIpc) is 2.53. The number of hydrogen-bond acceptors (Lipinski definition) is 9. The van der Waals surface area contributed by atoms with E-state index in [0.29, 0.717) is 12.1 Å². The van der Waals surface area contributed by atoms with Crippen LogP contribution in [0.2, 0.25) is 0 Å². The van der Waals surface area contributed by atoms with E-state index in [1.54, 1.807) is 0 Å². The predicted octanol–water partition coefficient (Wildman–Crippen LogP) is 2.18. The number of rotatable bonds is 6. The number of nitrogens with zero attached hydrogens (tertiary/aromatic N) is 3. The van der Waals surface area contributed by atoms with Crippen molar-refractivity contribution in [2.75, 3.05) is 0 Å². The predicted molar refractivity (Wildman–Crippen MR) is 80.7 cm³/mol. The Labute approximate surface area is 138 Å². The molecule has 2 aromatic rings. The molecule has 13 heteroatoms. The second-order valence-electron chi connectivity index (χ2n) is 4.43. The fraction of sp³-hybridized carbons (Fsp3) is 0. The Hall–Kier alpha value is -3.61. The van der Waals surface area contributed by atoms with Gasteiger partial charge in [0.15, 0.2) is 0 Å². The van der Waals surface area contributed by atoms with Crippen molar-refractivity contribution in [2.45, 2.75) is 4.90 Å². The summed E-state index contributed by atoms with van der Waals surface area (Å²) in [5.74, 6) is -0.246. The van der Waals surface area contributed by atoms with Crippen LogP contribution in [-0.2, 0) is 10.1 Å². The van der Waals surface area contributed by atoms with Crippen LogP contribution in [0.15, 0.2) is 47.4 Å². The van der Waals surface area contributed by atoms with Crippen molar-refractivity contribution in [3.8, 4) is 5.75 Å². The summed E-state index contributed by atoms with van der Waals surface area (Å²) >= 11 is 0. The molecule has 0 aliphatic heterocycles. The van der Waals surface area contributed by atoms with Gasteiger partial charge in [0, 0.05) is 0 Å². The van der Waals surface area contributed by atoms with Crippen molar-refractivity contribution in [1.29, 1.82) is 0 Å². The van der Waals surface area contributed by atoms with Crippen LogP contribution >= 0.6 is 0 Å². The van der Waals surface area contributed by atoms with E-state index < -0.39 is 46.8 Å². The number of para-hydroxylation sites is 1. The molecule has 12 nitrogen and oxygen atoms in total. The Morgan fingerprint density at radius 2 is 1.28 bits per heavy atom. The molecule has 2 aromatic carbocycles. The minimum Gasteiger partial charge on any atom is -0.379 e. The quantitative estimate of drug-likeness (QED) is 0.420. The number of nitro benzene ring substituents is 3. The zero-order chi connectivity index (χ0) is 18.8. The standard InChI is InChI=1S/C12H7N3O9S/c16-13(17)8-6-10(14(18)19)12(11(7-8)15(20)21)25(22,23)24-9-4-2-1-3-5-9/h1-7H. The topological polar surface area (TPSA) is 173 Å². The highest BCUT2D eigenvalue weighted by Crippen LogP contribution is 2.38. The molecule has 0 saturated carbocycles. The molecule has 0 aromatic heterocycles. The van der Waals surface area contributed by atoms with Crippen LogP contribution in [-0.4, -0.2) is 23.2 Å². The number of nitro groups is 3. The minimum atomic E-state index is -5.01. The molecule has 0 amide bonds. The Balaban J connectivity index is 2.75. The maximum absolute atomic E-state index is 12.3. The lowest BCUT2D eigenvalue weighted by atomic mass is 10.2. The van der Waals surface area contributed by atoms with Crippen molar-refractivity contribution in [3.63, 3.8) is 0 Å². The fourth-order valence-electron chi connectivity index (χ4n) is 1.86. The summed E-state index contributed by atoms with van der Waals surface area (Å²) in [4.78, 5) is 28.0. The van der Waals surface area contributed by atoms with Gasteiger partial charge in [0.05, 0.1) is 26.9 Å². The van der Waals surface area contributed by atoms with Gasteiger partial charge >= 0.3 is 21.5 Å². The number of benzene rings is 2. The SMILES string of the molecule is O=[N+]([O-])c1cc([N+](=O)[O-])c(S(=O)(=O)Oc2ccccc2)c([N+](=O)[O-])c1. The van der Waals surface area contributed by atoms with Gasteiger partial charge in [0.25, 0.3) is 10.6 Å². The van der Waals surface area contributed by atoms with Crippen molar-refractivity contribution in [1.82, 2.24) is 0 Å². The molecule has 0 unspecified atom stereocenters. The molecular weight excluding hydrogens is 362 g/mol. The third-order valence-corrected chi connectivity index (χ3v) is 4.17. The average molecular weight is 369 g/mol. The van der Waals surface area contributed by atoms with Crippen molar-refractivity contribution >= 4 is 27.2 Å². The zero-order valence-electron chi connectivity index (χ0n) is 12.0. The van der Waals surface area contributed by atoms with Crippen molar-refractivity contribution < 1.29 is 27.4 Å². The second kappa shape index (κ2) is 6.48. The summed E-state index contributed by atoms with van der Waals surface area (Å²) in [7, 11) is -5.01. The summed E-state index contributed by atoms with van der Waals surface area (Å²) in [6, 6.07) is 7.40. The molecule has 25 heavy (non-hydrogen) atoms. The highest BCUT2D eigenvalue weighted by Gasteiger charge is 2.40. The molecule has 0 heterocycles. The van der Waals surface area contributed by atoms with Crippen LogP contribution in [0.1, 0.15) is 0 Å². The molecule has 0 N–H and O–H groups in total. The van der Waals surface area contributed by atoms with Crippen LogP contribution in [0.4, 0.5) is 17.1 Å². The lowest BCUT2D eigenvalue weighted by molar-refractivity contribution is -0.407. The van der Waals surface area contributed by atoms with E-state index in [1.807, 2.05) is 0 Å². The maximum Gasteiger partial charge on any atom is 0.353 e. The fourth-order valence-corrected chi connectivity index (χ4v) is 3.09. The van der Waals surface area contributed by atoms with E-state index in [2.05, 4.69) is 4.18 Å². The molecule has 0 radical (unpaired) electrons. The first-order valence-corrected chi connectivity index (χ1v) is 7.65. The van der Waals surface area contributed by atoms with E-state index in [0.717, 1.165) is 0 Å². The van der Waals surface area contributed by atoms with Gasteiger partial charge in [0.1, 0.15) is 5.75 Å². The van der Waals surface area contributed by atoms with Gasteiger partial charge in [-0.2, -0.15) is 8.42 Å². The largest absolute Gasteiger partial charge is 0.379 e. The van der Waals surface area contributed by atoms with Gasteiger partial charge in [0.2, 0.25) is 0 Å². The zero-order valence-corrected chi connectivity index (χ0v) is 12.8. The van der Waals surface area contributed by atoms with E-state index in [4.69, 9.17) is 0 Å². The van der Waals surface area contributed by atoms with Gasteiger partial charge < -0.3 is 4.18 Å². The van der Waals surface area contributed by atoms with E-state index >= 15 is 0 Å². The number of hydrogen-bond donors (Lipinski definition) is 0. The van der Waals surface area contributed by atoms with Gasteiger partial charge in [-0.15, -0.1) is 0 Å². The van der Waals surface area contributed by atoms with Gasteiger partial charge in [-0.3, -0.25) is 30.3 Å². The summed E-state index contributed by atoms with van der Waals surface area (Å²) in [6.45, 7) is 0. The Kier molecular flexibility index (Phi) is 4.60. The first kappa shape index (κ1) is 17.7. The van der Waals surface area contributed by atoms with Gasteiger partial charge in [-0.05, 0) is 12.1 Å². The third kappa shape index (κ3) is 3.66. The third-order valence-electron chi connectivity index (χ3n) is 2.84. The summed E-state index contributed by atoms with van der Waals surface area (Å²) in [6.07, 6.45) is 0. The summed E-state index contributed by atoms with van der Waals surface area (Å²) in [5, 5.41) is 33.0. The highest BCUT2D eigenvalue weighted by molar-refractivity contribution is 7.87. The summed E-state index contributed by atoms with van der Waals surface area (Å²) < 4.78 is 29.3. The summed E-state index contributed by atoms with van der Waals surface area (Å²) in [5.41, 5.74) is -3.68. The first-order valence-electron chi connectivity index (χ1n) is 6.24. The monoisotopic (exact) mass is 369 g/mol. The highest BCUT2D eigenvalue weighted by atomic mass is 32.2. The number of non-ortho nitro benzene ring substituents is 1. The van der Waals surface area contributed by atoms with Crippen LogP contribution in [0.5, 0.6) is 5.75 Å². The molecule has 2 rings (SSSR count). The van der Waals surface area contributed by atoms with Gasteiger partial charge in [-0.1, -0.05) is 18.2 Å². The lowest BCUT2D eigenvalue weighted by Crippen LogP contribution is -2.14. The Morgan fingerprint density at radius 3 is 1.68 bits per heavy atom. The molecule has 0 aliphatic carbocycles. The normalized spacial score (nSPS) is 10.9. The van der Waals surface area contributed by atoms with Gasteiger partial charge in [-0.25, -0.2) is 0 Å². The van der Waals surface area contributed by atoms with Crippen LogP contribution in [0, 0.1) is 30.3 Å².